The molecule has 0 bridgehead atoms. The molecule has 1 aliphatic heterocycles. The molecule has 1 heterocycles. The zero-order valence-electron chi connectivity index (χ0n) is 4.31. The lowest BCUT2D eigenvalue weighted by atomic mass is 10.4. The Bertz CT molecular complexity index is 58.7. The summed E-state index contributed by atoms with van der Waals surface area (Å²) >= 11 is 0. The molecule has 42 valence electrons. The molecule has 1 rings (SSSR count). The van der Waals surface area contributed by atoms with Crippen LogP contribution in [0.1, 0.15) is 6.92 Å². The van der Waals surface area contributed by atoms with Gasteiger partial charge in [0.2, 0.25) is 0 Å². The highest BCUT2D eigenvalue weighted by atomic mass is 16.3. The maximum absolute atomic E-state index is 8.68. The minimum Gasteiger partial charge on any atom is -0.365 e. The molecule has 7 heavy (non-hydrogen) atoms. The first-order valence-corrected chi connectivity index (χ1v) is 2.46. The van der Waals surface area contributed by atoms with Crippen LogP contribution in [0.5, 0.6) is 0 Å². The van der Waals surface area contributed by atoms with Crippen molar-refractivity contribution >= 4 is 0 Å². The van der Waals surface area contributed by atoms with Gasteiger partial charge >= 0.3 is 0 Å². The smallest absolute Gasteiger partial charge is 0.160 e. The summed E-state index contributed by atoms with van der Waals surface area (Å²) in [5, 5.41) is 14.4. The van der Waals surface area contributed by atoms with Crippen molar-refractivity contribution in [3.63, 3.8) is 0 Å². The van der Waals surface area contributed by atoms with Gasteiger partial charge in [0.25, 0.3) is 0 Å². The van der Waals surface area contributed by atoms with Crippen molar-refractivity contribution in [1.82, 2.24) is 10.6 Å². The molecule has 0 aliphatic carbocycles. The second-order valence-corrected chi connectivity index (χ2v) is 1.88. The van der Waals surface area contributed by atoms with Crippen LogP contribution < -0.4 is 10.6 Å². The lowest BCUT2D eigenvalue weighted by molar-refractivity contribution is 0.134. The van der Waals surface area contributed by atoms with E-state index in [0.717, 1.165) is 6.54 Å². The van der Waals surface area contributed by atoms with E-state index >= 15 is 0 Å². The first-order chi connectivity index (χ1) is 3.29. The third kappa shape index (κ3) is 1.12. The first kappa shape index (κ1) is 5.03. The van der Waals surface area contributed by atoms with E-state index in [9.17, 15) is 0 Å². The Morgan fingerprint density at radius 3 is 2.57 bits per heavy atom. The maximum Gasteiger partial charge on any atom is 0.160 e. The van der Waals surface area contributed by atoms with Crippen LogP contribution in [0, 0.1) is 0 Å². The third-order valence-corrected chi connectivity index (χ3v) is 1.06. The zero-order valence-corrected chi connectivity index (χ0v) is 4.31. The highest BCUT2D eigenvalue weighted by molar-refractivity contribution is 4.72. The second kappa shape index (κ2) is 1.78. The Kier molecular flexibility index (Phi) is 1.27. The molecule has 3 heteroatoms. The molecule has 3 N–H and O–H groups in total. The normalized spacial score (nSPS) is 42.0. The molecule has 1 saturated heterocycles. The van der Waals surface area contributed by atoms with Gasteiger partial charge in [-0.3, -0.25) is 10.6 Å². The van der Waals surface area contributed by atoms with E-state index in [1.165, 1.54) is 0 Å². The summed E-state index contributed by atoms with van der Waals surface area (Å²) < 4.78 is 0. The van der Waals surface area contributed by atoms with E-state index in [0.29, 0.717) is 6.04 Å². The summed E-state index contributed by atoms with van der Waals surface area (Å²) in [5.74, 6) is 0. The minimum absolute atomic E-state index is 0.412. The van der Waals surface area contributed by atoms with Crippen molar-refractivity contribution in [1.29, 1.82) is 0 Å². The summed E-state index contributed by atoms with van der Waals surface area (Å²) in [4.78, 5) is 0. The SMILES string of the molecule is C[C@@H]1CNC(O)N1. The summed E-state index contributed by atoms with van der Waals surface area (Å²) in [7, 11) is 0. The summed E-state index contributed by atoms with van der Waals surface area (Å²) in [5.41, 5.74) is 0. The molecule has 1 aliphatic rings. The topological polar surface area (TPSA) is 44.3 Å². The van der Waals surface area contributed by atoms with Crippen LogP contribution in [-0.4, -0.2) is 24.0 Å². The van der Waals surface area contributed by atoms with Crippen LogP contribution in [0.25, 0.3) is 0 Å². The zero-order chi connectivity index (χ0) is 5.28. The molecule has 0 amide bonds. The predicted octanol–water partition coefficient (Wildman–Crippen LogP) is -1.16. The lowest BCUT2D eigenvalue weighted by Gasteiger charge is -1.99. The van der Waals surface area contributed by atoms with E-state index in [2.05, 4.69) is 10.6 Å². The molecule has 0 aromatic carbocycles. The van der Waals surface area contributed by atoms with E-state index in [-0.39, 0.29) is 0 Å². The van der Waals surface area contributed by atoms with Gasteiger partial charge in [-0.25, -0.2) is 0 Å². The third-order valence-electron chi connectivity index (χ3n) is 1.06. The van der Waals surface area contributed by atoms with Crippen molar-refractivity contribution in [2.24, 2.45) is 0 Å². The molecule has 1 unspecified atom stereocenters. The van der Waals surface area contributed by atoms with Crippen LogP contribution in [0.3, 0.4) is 0 Å². The van der Waals surface area contributed by atoms with Gasteiger partial charge in [0.1, 0.15) is 0 Å². The number of hydrogen-bond acceptors (Lipinski definition) is 3. The molecule has 0 aromatic rings. The number of hydrogen-bond donors (Lipinski definition) is 3. The number of rotatable bonds is 0. The Morgan fingerprint density at radius 1 is 1.71 bits per heavy atom. The van der Waals surface area contributed by atoms with Crippen molar-refractivity contribution in [3.05, 3.63) is 0 Å². The number of aliphatic hydroxyl groups is 1. The summed E-state index contributed by atoms with van der Waals surface area (Å²) in [6.45, 7) is 2.88. The quantitative estimate of drug-likeness (QED) is 0.361. The van der Waals surface area contributed by atoms with Crippen molar-refractivity contribution in [3.8, 4) is 0 Å². The fourth-order valence-electron chi connectivity index (χ4n) is 0.676. The van der Waals surface area contributed by atoms with Crippen LogP contribution in [0.15, 0.2) is 0 Å². The van der Waals surface area contributed by atoms with Gasteiger partial charge in [-0.05, 0) is 6.92 Å². The molecule has 0 saturated carbocycles. The van der Waals surface area contributed by atoms with E-state index in [1.54, 1.807) is 0 Å². The molecule has 1 fully saturated rings. The number of aliphatic hydroxyl groups excluding tert-OH is 1. The highest BCUT2D eigenvalue weighted by Gasteiger charge is 2.14. The standard InChI is InChI=1S/C4H10N2O/c1-3-2-5-4(7)6-3/h3-7H,2H2,1H3/t3-,4?/m1/s1. The Morgan fingerprint density at radius 2 is 2.43 bits per heavy atom. The summed E-state index contributed by atoms with van der Waals surface area (Å²) in [6.07, 6.45) is -0.477. The van der Waals surface area contributed by atoms with Crippen LogP contribution in [-0.2, 0) is 0 Å². The molecular weight excluding hydrogens is 92.1 g/mol. The fraction of sp³-hybridized carbons (Fsp3) is 1.00. The van der Waals surface area contributed by atoms with Gasteiger partial charge < -0.3 is 5.11 Å². The maximum atomic E-state index is 8.68. The van der Waals surface area contributed by atoms with E-state index in [4.69, 9.17) is 5.11 Å². The Balaban J connectivity index is 2.26. The van der Waals surface area contributed by atoms with Gasteiger partial charge in [-0.15, -0.1) is 0 Å². The second-order valence-electron chi connectivity index (χ2n) is 1.88. The lowest BCUT2D eigenvalue weighted by Crippen LogP contribution is -2.31. The first-order valence-electron chi connectivity index (χ1n) is 2.46. The van der Waals surface area contributed by atoms with Crippen LogP contribution in [0.4, 0.5) is 0 Å². The molecule has 0 radical (unpaired) electrons. The van der Waals surface area contributed by atoms with E-state index in [1.807, 2.05) is 6.92 Å². The largest absolute Gasteiger partial charge is 0.365 e. The van der Waals surface area contributed by atoms with Gasteiger partial charge in [-0.2, -0.15) is 0 Å². The monoisotopic (exact) mass is 102 g/mol. The van der Waals surface area contributed by atoms with Crippen LogP contribution in [0.2, 0.25) is 0 Å². The molecule has 0 spiro atoms. The predicted molar refractivity (Wildman–Crippen MR) is 26.6 cm³/mol. The Hall–Kier alpha value is -0.120. The average Bonchev–Trinajstić information content (AvgIpc) is 1.87. The van der Waals surface area contributed by atoms with Gasteiger partial charge in [-0.1, -0.05) is 0 Å². The average molecular weight is 102 g/mol. The molecule has 3 nitrogen and oxygen atoms in total. The van der Waals surface area contributed by atoms with Crippen molar-refractivity contribution in [2.45, 2.75) is 19.3 Å². The van der Waals surface area contributed by atoms with Gasteiger partial charge in [0.05, 0.1) is 0 Å². The van der Waals surface area contributed by atoms with E-state index < -0.39 is 6.35 Å². The molecule has 0 aromatic heterocycles. The van der Waals surface area contributed by atoms with Gasteiger partial charge in [0.15, 0.2) is 6.35 Å². The van der Waals surface area contributed by atoms with Gasteiger partial charge in [0, 0.05) is 12.6 Å². The van der Waals surface area contributed by atoms with Crippen molar-refractivity contribution < 1.29 is 5.11 Å². The van der Waals surface area contributed by atoms with Crippen LogP contribution >= 0.6 is 0 Å². The summed E-state index contributed by atoms with van der Waals surface area (Å²) in [6, 6.07) is 0.412. The molecular formula is C4H10N2O. The minimum atomic E-state index is -0.477. The molecule has 2 atom stereocenters. The highest BCUT2D eigenvalue weighted by Crippen LogP contribution is 1.87. The fourth-order valence-corrected chi connectivity index (χ4v) is 0.676. The Labute approximate surface area is 42.7 Å². The van der Waals surface area contributed by atoms with Crippen molar-refractivity contribution in [2.75, 3.05) is 6.54 Å². The number of nitrogens with one attached hydrogen (secondary N) is 2.